The van der Waals surface area contributed by atoms with Gasteiger partial charge in [-0.25, -0.2) is 4.68 Å². The molecule has 0 aliphatic heterocycles. The van der Waals surface area contributed by atoms with Gasteiger partial charge in [0.25, 0.3) is 0 Å². The van der Waals surface area contributed by atoms with Crippen LogP contribution in [0.5, 0.6) is 0 Å². The van der Waals surface area contributed by atoms with E-state index < -0.39 is 0 Å². The van der Waals surface area contributed by atoms with Crippen molar-refractivity contribution in [3.8, 4) is 5.69 Å². The molecule has 114 valence electrons. The van der Waals surface area contributed by atoms with E-state index in [1.807, 2.05) is 29.1 Å². The summed E-state index contributed by atoms with van der Waals surface area (Å²) >= 11 is 0. The van der Waals surface area contributed by atoms with Gasteiger partial charge in [0.2, 0.25) is 0 Å². The van der Waals surface area contributed by atoms with Gasteiger partial charge in [0.1, 0.15) is 0 Å². The van der Waals surface area contributed by atoms with Crippen molar-refractivity contribution in [1.29, 1.82) is 0 Å². The molecule has 0 spiro atoms. The van der Waals surface area contributed by atoms with Crippen LogP contribution in [-0.2, 0) is 4.74 Å². The first-order chi connectivity index (χ1) is 10.3. The van der Waals surface area contributed by atoms with Gasteiger partial charge >= 0.3 is 0 Å². The predicted octanol–water partition coefficient (Wildman–Crippen LogP) is 3.34. The Kier molecular flexibility index (Phi) is 6.44. The van der Waals surface area contributed by atoms with Crippen molar-refractivity contribution in [3.05, 3.63) is 48.3 Å². The van der Waals surface area contributed by atoms with Crippen molar-refractivity contribution in [3.63, 3.8) is 0 Å². The average Bonchev–Trinajstić information content (AvgIpc) is 3.01. The third kappa shape index (κ3) is 4.99. The van der Waals surface area contributed by atoms with E-state index in [0.29, 0.717) is 6.04 Å². The van der Waals surface area contributed by atoms with E-state index in [1.54, 1.807) is 0 Å². The second-order valence-corrected chi connectivity index (χ2v) is 5.20. The van der Waals surface area contributed by atoms with Gasteiger partial charge in [0, 0.05) is 31.0 Å². The Morgan fingerprint density at radius 2 is 2.05 bits per heavy atom. The van der Waals surface area contributed by atoms with E-state index >= 15 is 0 Å². The van der Waals surface area contributed by atoms with Crippen LogP contribution in [0.25, 0.3) is 5.69 Å². The summed E-state index contributed by atoms with van der Waals surface area (Å²) in [6.07, 6.45) is 6.14. The van der Waals surface area contributed by atoms with Gasteiger partial charge < -0.3 is 10.1 Å². The SMILES string of the molecule is CCCOCCCNC(C)c1cnn(-c2ccccc2)c1. The minimum Gasteiger partial charge on any atom is -0.381 e. The van der Waals surface area contributed by atoms with Crippen LogP contribution in [0.2, 0.25) is 0 Å². The summed E-state index contributed by atoms with van der Waals surface area (Å²) in [5.74, 6) is 0. The van der Waals surface area contributed by atoms with Gasteiger partial charge in [-0.15, -0.1) is 0 Å². The Balaban J connectivity index is 1.78. The zero-order valence-electron chi connectivity index (χ0n) is 13.0. The van der Waals surface area contributed by atoms with Crippen LogP contribution in [0.4, 0.5) is 0 Å². The lowest BCUT2D eigenvalue weighted by molar-refractivity contribution is 0.132. The molecule has 0 aliphatic rings. The fraction of sp³-hybridized carbons (Fsp3) is 0.471. The molecule has 1 aromatic carbocycles. The van der Waals surface area contributed by atoms with Gasteiger partial charge in [0.15, 0.2) is 0 Å². The van der Waals surface area contributed by atoms with Crippen LogP contribution in [0.1, 0.15) is 38.3 Å². The summed E-state index contributed by atoms with van der Waals surface area (Å²) in [5.41, 5.74) is 2.29. The summed E-state index contributed by atoms with van der Waals surface area (Å²) in [4.78, 5) is 0. The van der Waals surface area contributed by atoms with Crippen LogP contribution in [0.15, 0.2) is 42.7 Å². The molecular formula is C17H25N3O. The van der Waals surface area contributed by atoms with Crippen LogP contribution in [-0.4, -0.2) is 29.5 Å². The second kappa shape index (κ2) is 8.60. The maximum atomic E-state index is 5.48. The maximum absolute atomic E-state index is 5.48. The molecule has 4 heteroatoms. The molecule has 2 aromatic rings. The number of para-hydroxylation sites is 1. The quantitative estimate of drug-likeness (QED) is 0.719. The van der Waals surface area contributed by atoms with E-state index in [-0.39, 0.29) is 0 Å². The number of ether oxygens (including phenoxy) is 1. The zero-order valence-corrected chi connectivity index (χ0v) is 13.0. The fourth-order valence-electron chi connectivity index (χ4n) is 2.14. The number of benzene rings is 1. The predicted molar refractivity (Wildman–Crippen MR) is 85.7 cm³/mol. The van der Waals surface area contributed by atoms with Gasteiger partial charge in [-0.05, 0) is 38.4 Å². The number of hydrogen-bond donors (Lipinski definition) is 1. The second-order valence-electron chi connectivity index (χ2n) is 5.20. The Hall–Kier alpha value is -1.65. The van der Waals surface area contributed by atoms with Crippen LogP contribution < -0.4 is 5.32 Å². The highest BCUT2D eigenvalue weighted by molar-refractivity contribution is 5.31. The standard InChI is InChI=1S/C17H25N3O/c1-3-11-21-12-7-10-18-15(2)16-13-19-20(14-16)17-8-5-4-6-9-17/h4-6,8-9,13-15,18H,3,7,10-12H2,1-2H3. The van der Waals surface area contributed by atoms with E-state index in [0.717, 1.165) is 38.3 Å². The normalized spacial score (nSPS) is 12.5. The minimum absolute atomic E-state index is 0.300. The van der Waals surface area contributed by atoms with Crippen molar-refractivity contribution in [1.82, 2.24) is 15.1 Å². The summed E-state index contributed by atoms with van der Waals surface area (Å²) < 4.78 is 7.39. The van der Waals surface area contributed by atoms with E-state index in [9.17, 15) is 0 Å². The van der Waals surface area contributed by atoms with Crippen molar-refractivity contribution in [2.75, 3.05) is 19.8 Å². The highest BCUT2D eigenvalue weighted by Crippen LogP contribution is 2.14. The van der Waals surface area contributed by atoms with Crippen molar-refractivity contribution >= 4 is 0 Å². The van der Waals surface area contributed by atoms with E-state index in [2.05, 4.69) is 42.6 Å². The van der Waals surface area contributed by atoms with Crippen molar-refractivity contribution in [2.45, 2.75) is 32.7 Å². The molecule has 0 saturated carbocycles. The lowest BCUT2D eigenvalue weighted by Crippen LogP contribution is -2.20. The third-order valence-corrected chi connectivity index (χ3v) is 3.39. The van der Waals surface area contributed by atoms with Crippen molar-refractivity contribution in [2.24, 2.45) is 0 Å². The van der Waals surface area contributed by atoms with Crippen LogP contribution in [0.3, 0.4) is 0 Å². The first kappa shape index (κ1) is 15.7. The van der Waals surface area contributed by atoms with E-state index in [1.165, 1.54) is 5.56 Å². The highest BCUT2D eigenvalue weighted by Gasteiger charge is 2.07. The fourth-order valence-corrected chi connectivity index (χ4v) is 2.14. The first-order valence-electron chi connectivity index (χ1n) is 7.72. The number of hydrogen-bond acceptors (Lipinski definition) is 3. The molecule has 0 aliphatic carbocycles. The monoisotopic (exact) mass is 287 g/mol. The average molecular weight is 287 g/mol. The molecular weight excluding hydrogens is 262 g/mol. The zero-order chi connectivity index (χ0) is 14.9. The molecule has 0 bridgehead atoms. The highest BCUT2D eigenvalue weighted by atomic mass is 16.5. The number of rotatable bonds is 9. The minimum atomic E-state index is 0.300. The topological polar surface area (TPSA) is 39.1 Å². The van der Waals surface area contributed by atoms with Gasteiger partial charge in [0.05, 0.1) is 11.9 Å². The summed E-state index contributed by atoms with van der Waals surface area (Å²) in [6.45, 7) is 6.95. The van der Waals surface area contributed by atoms with Gasteiger partial charge in [-0.3, -0.25) is 0 Å². The lowest BCUT2D eigenvalue weighted by atomic mass is 10.2. The van der Waals surface area contributed by atoms with Gasteiger partial charge in [-0.1, -0.05) is 25.1 Å². The smallest absolute Gasteiger partial charge is 0.0645 e. The molecule has 0 amide bonds. The largest absolute Gasteiger partial charge is 0.381 e. The van der Waals surface area contributed by atoms with Crippen LogP contribution in [0, 0.1) is 0 Å². The Morgan fingerprint density at radius 1 is 1.24 bits per heavy atom. The summed E-state index contributed by atoms with van der Waals surface area (Å²) in [7, 11) is 0. The molecule has 0 fully saturated rings. The Labute approximate surface area is 127 Å². The molecule has 2 rings (SSSR count). The molecule has 21 heavy (non-hydrogen) atoms. The molecule has 1 N–H and O–H groups in total. The van der Waals surface area contributed by atoms with Crippen molar-refractivity contribution < 1.29 is 4.74 Å². The molecule has 1 aromatic heterocycles. The first-order valence-corrected chi connectivity index (χ1v) is 7.72. The lowest BCUT2D eigenvalue weighted by Gasteiger charge is -2.11. The third-order valence-electron chi connectivity index (χ3n) is 3.39. The molecule has 1 unspecified atom stereocenters. The van der Waals surface area contributed by atoms with E-state index in [4.69, 9.17) is 4.74 Å². The summed E-state index contributed by atoms with van der Waals surface area (Å²) in [5, 5.41) is 7.94. The summed E-state index contributed by atoms with van der Waals surface area (Å²) in [6, 6.07) is 10.5. The number of nitrogens with zero attached hydrogens (tertiary/aromatic N) is 2. The molecule has 0 radical (unpaired) electrons. The molecule has 1 heterocycles. The Morgan fingerprint density at radius 3 is 2.81 bits per heavy atom. The molecule has 0 saturated heterocycles. The Bertz CT molecular complexity index is 510. The molecule has 4 nitrogen and oxygen atoms in total. The molecule has 1 atom stereocenters. The number of nitrogens with one attached hydrogen (secondary N) is 1. The van der Waals surface area contributed by atoms with Gasteiger partial charge in [-0.2, -0.15) is 5.10 Å². The maximum Gasteiger partial charge on any atom is 0.0645 e. The van der Waals surface area contributed by atoms with Crippen LogP contribution >= 0.6 is 0 Å². The number of aromatic nitrogens is 2.